The van der Waals surface area contributed by atoms with E-state index < -0.39 is 0 Å². The smallest absolute Gasteiger partial charge is 0.251 e. The van der Waals surface area contributed by atoms with E-state index in [0.717, 1.165) is 36.5 Å². The van der Waals surface area contributed by atoms with Crippen molar-refractivity contribution in [3.63, 3.8) is 0 Å². The Balaban J connectivity index is 1.45. The maximum absolute atomic E-state index is 13.2. The number of anilines is 1. The Bertz CT molecular complexity index is 1090. The van der Waals surface area contributed by atoms with E-state index >= 15 is 0 Å². The van der Waals surface area contributed by atoms with Gasteiger partial charge in [-0.1, -0.05) is 0 Å². The minimum atomic E-state index is -0.278. The fourth-order valence-electron chi connectivity index (χ4n) is 4.03. The summed E-state index contributed by atoms with van der Waals surface area (Å²) in [7, 11) is 4.55. The van der Waals surface area contributed by atoms with Gasteiger partial charge in [0, 0.05) is 30.8 Å². The Labute approximate surface area is 191 Å². The number of aromatic nitrogens is 2. The summed E-state index contributed by atoms with van der Waals surface area (Å²) in [6.45, 7) is 1.47. The molecule has 1 fully saturated rings. The lowest BCUT2D eigenvalue weighted by Gasteiger charge is -2.33. The van der Waals surface area contributed by atoms with E-state index in [1.54, 1.807) is 24.3 Å². The van der Waals surface area contributed by atoms with Crippen LogP contribution in [0.15, 0.2) is 42.5 Å². The van der Waals surface area contributed by atoms with E-state index in [1.165, 1.54) is 33.5 Å². The highest BCUT2D eigenvalue weighted by Gasteiger charge is 2.25. The maximum Gasteiger partial charge on any atom is 0.251 e. The summed E-state index contributed by atoms with van der Waals surface area (Å²) in [4.78, 5) is 15.1. The Kier molecular flexibility index (Phi) is 6.67. The first-order chi connectivity index (χ1) is 16.0. The third-order valence-electron chi connectivity index (χ3n) is 5.73. The standard InChI is InChI=1S/C24H27FN4O4/c1-31-20-11-16(12-21(32-2)23(20)33-3)24(30)26-18-5-4-10-29(14-18)22-13-19(27-28-22)15-6-8-17(25)9-7-15/h6-9,11-13,18H,4-5,10,14H2,1-3H3,(H,26,30)(H,27,28). The van der Waals surface area contributed by atoms with Gasteiger partial charge in [0.2, 0.25) is 5.75 Å². The normalized spacial score (nSPS) is 15.8. The zero-order valence-corrected chi connectivity index (χ0v) is 18.9. The topological polar surface area (TPSA) is 88.7 Å². The van der Waals surface area contributed by atoms with Gasteiger partial charge in [-0.25, -0.2) is 4.39 Å². The van der Waals surface area contributed by atoms with Crippen LogP contribution in [0.2, 0.25) is 0 Å². The third-order valence-corrected chi connectivity index (χ3v) is 5.73. The minimum absolute atomic E-state index is 0.0451. The number of ether oxygens (including phenoxy) is 3. The zero-order chi connectivity index (χ0) is 23.4. The van der Waals surface area contributed by atoms with Crippen molar-refractivity contribution in [2.75, 3.05) is 39.3 Å². The van der Waals surface area contributed by atoms with Crippen molar-refractivity contribution in [3.05, 3.63) is 53.8 Å². The summed E-state index contributed by atoms with van der Waals surface area (Å²) in [5.74, 6) is 1.60. The highest BCUT2D eigenvalue weighted by atomic mass is 19.1. The lowest BCUT2D eigenvalue weighted by molar-refractivity contribution is 0.0932. The molecule has 1 amide bonds. The number of amides is 1. The van der Waals surface area contributed by atoms with Gasteiger partial charge in [0.15, 0.2) is 17.3 Å². The number of methoxy groups -OCH3 is 3. The average Bonchev–Trinajstić information content (AvgIpc) is 3.34. The Morgan fingerprint density at radius 2 is 1.79 bits per heavy atom. The van der Waals surface area contributed by atoms with Crippen molar-refractivity contribution in [1.82, 2.24) is 15.5 Å². The average molecular weight is 455 g/mol. The van der Waals surface area contributed by atoms with Gasteiger partial charge in [-0.2, -0.15) is 5.10 Å². The lowest BCUT2D eigenvalue weighted by Crippen LogP contribution is -2.48. The number of carbonyl (C=O) groups is 1. The third kappa shape index (κ3) is 4.87. The first kappa shape index (κ1) is 22.4. The van der Waals surface area contributed by atoms with Crippen molar-refractivity contribution < 1.29 is 23.4 Å². The molecule has 0 saturated carbocycles. The van der Waals surface area contributed by atoms with Gasteiger partial charge in [0.25, 0.3) is 5.91 Å². The molecule has 33 heavy (non-hydrogen) atoms. The number of nitrogens with zero attached hydrogens (tertiary/aromatic N) is 2. The van der Waals surface area contributed by atoms with Gasteiger partial charge < -0.3 is 24.4 Å². The summed E-state index contributed by atoms with van der Waals surface area (Å²) < 4.78 is 29.2. The molecular formula is C24H27FN4O4. The number of carbonyl (C=O) groups excluding carboxylic acids is 1. The number of halogens is 1. The van der Waals surface area contributed by atoms with Gasteiger partial charge in [0.1, 0.15) is 5.82 Å². The molecule has 0 aliphatic carbocycles. The molecule has 1 aliphatic heterocycles. The lowest BCUT2D eigenvalue weighted by atomic mass is 10.0. The molecule has 0 radical (unpaired) electrons. The number of rotatable bonds is 7. The number of hydrogen-bond acceptors (Lipinski definition) is 6. The first-order valence-electron chi connectivity index (χ1n) is 10.7. The van der Waals surface area contributed by atoms with Crippen LogP contribution in [0.5, 0.6) is 17.2 Å². The largest absolute Gasteiger partial charge is 0.493 e. The van der Waals surface area contributed by atoms with Crippen LogP contribution in [0.25, 0.3) is 11.3 Å². The van der Waals surface area contributed by atoms with E-state index in [9.17, 15) is 9.18 Å². The quantitative estimate of drug-likeness (QED) is 0.567. The van der Waals surface area contributed by atoms with Crippen LogP contribution in [0.1, 0.15) is 23.2 Å². The molecule has 2 aromatic carbocycles. The molecule has 4 rings (SSSR count). The van der Waals surface area contributed by atoms with Crippen LogP contribution >= 0.6 is 0 Å². The summed E-state index contributed by atoms with van der Waals surface area (Å²) in [6, 6.07) is 11.4. The fourth-order valence-corrected chi connectivity index (χ4v) is 4.03. The maximum atomic E-state index is 13.2. The first-order valence-corrected chi connectivity index (χ1v) is 10.7. The summed E-state index contributed by atoms with van der Waals surface area (Å²) in [6.07, 6.45) is 1.78. The van der Waals surface area contributed by atoms with Gasteiger partial charge in [-0.15, -0.1) is 0 Å². The molecule has 8 nitrogen and oxygen atoms in total. The highest BCUT2D eigenvalue weighted by Crippen LogP contribution is 2.38. The molecule has 174 valence electrons. The van der Waals surface area contributed by atoms with E-state index in [-0.39, 0.29) is 17.8 Å². The van der Waals surface area contributed by atoms with Crippen LogP contribution < -0.4 is 24.4 Å². The number of hydrogen-bond donors (Lipinski definition) is 2. The van der Waals surface area contributed by atoms with E-state index in [0.29, 0.717) is 29.4 Å². The molecule has 1 atom stereocenters. The van der Waals surface area contributed by atoms with Crippen LogP contribution in [0, 0.1) is 5.82 Å². The Hall–Kier alpha value is -3.75. The van der Waals surface area contributed by atoms with Gasteiger partial charge >= 0.3 is 0 Å². The molecule has 1 aromatic heterocycles. The van der Waals surface area contributed by atoms with Crippen molar-refractivity contribution >= 4 is 11.7 Å². The van der Waals surface area contributed by atoms with Gasteiger partial charge in [-0.05, 0) is 54.8 Å². The summed E-state index contributed by atoms with van der Waals surface area (Å²) in [5, 5.41) is 10.5. The molecular weight excluding hydrogens is 427 g/mol. The van der Waals surface area contributed by atoms with Crippen LogP contribution in [0.3, 0.4) is 0 Å². The van der Waals surface area contributed by atoms with Crippen LogP contribution in [-0.4, -0.2) is 56.6 Å². The second kappa shape index (κ2) is 9.81. The van der Waals surface area contributed by atoms with Crippen molar-refractivity contribution in [2.45, 2.75) is 18.9 Å². The molecule has 3 aromatic rings. The molecule has 2 heterocycles. The molecule has 2 N–H and O–H groups in total. The Morgan fingerprint density at radius 1 is 1.09 bits per heavy atom. The van der Waals surface area contributed by atoms with Crippen molar-refractivity contribution in [2.24, 2.45) is 0 Å². The summed E-state index contributed by atoms with van der Waals surface area (Å²) >= 11 is 0. The molecule has 1 aliphatic rings. The molecule has 1 unspecified atom stereocenters. The van der Waals surface area contributed by atoms with E-state index in [4.69, 9.17) is 14.2 Å². The monoisotopic (exact) mass is 454 g/mol. The van der Waals surface area contributed by atoms with Gasteiger partial charge in [0.05, 0.1) is 27.0 Å². The predicted octanol–water partition coefficient (Wildman–Crippen LogP) is 3.64. The van der Waals surface area contributed by atoms with Gasteiger partial charge in [-0.3, -0.25) is 9.89 Å². The number of aromatic amines is 1. The SMILES string of the molecule is COc1cc(C(=O)NC2CCCN(c3cc(-c4ccc(F)cc4)[nH]n3)C2)cc(OC)c1OC. The second-order valence-corrected chi connectivity index (χ2v) is 7.82. The Morgan fingerprint density at radius 3 is 2.42 bits per heavy atom. The molecule has 0 bridgehead atoms. The summed E-state index contributed by atoms with van der Waals surface area (Å²) in [5.41, 5.74) is 2.10. The minimum Gasteiger partial charge on any atom is -0.493 e. The van der Waals surface area contributed by atoms with Crippen LogP contribution in [-0.2, 0) is 0 Å². The second-order valence-electron chi connectivity index (χ2n) is 7.82. The van der Waals surface area contributed by atoms with E-state index in [1.807, 2.05) is 6.07 Å². The van der Waals surface area contributed by atoms with Crippen LogP contribution in [0.4, 0.5) is 10.2 Å². The zero-order valence-electron chi connectivity index (χ0n) is 18.9. The molecule has 9 heteroatoms. The fraction of sp³-hybridized carbons (Fsp3) is 0.333. The predicted molar refractivity (Wildman–Crippen MR) is 123 cm³/mol. The number of nitrogens with one attached hydrogen (secondary N) is 2. The van der Waals surface area contributed by atoms with E-state index in [2.05, 4.69) is 20.4 Å². The number of piperidine rings is 1. The number of benzene rings is 2. The molecule has 1 saturated heterocycles. The molecule has 0 spiro atoms. The van der Waals surface area contributed by atoms with Crippen molar-refractivity contribution in [1.29, 1.82) is 0 Å². The number of H-pyrrole nitrogens is 1. The van der Waals surface area contributed by atoms with Crippen molar-refractivity contribution in [3.8, 4) is 28.5 Å². The highest BCUT2D eigenvalue weighted by molar-refractivity contribution is 5.96.